The molecular formula is C16H17N5. The van der Waals surface area contributed by atoms with Gasteiger partial charge in [-0.2, -0.15) is 0 Å². The van der Waals surface area contributed by atoms with Crippen molar-refractivity contribution in [2.75, 3.05) is 24.2 Å². The number of aromatic nitrogens is 3. The van der Waals surface area contributed by atoms with Gasteiger partial charge in [0.05, 0.1) is 5.52 Å². The molecule has 0 radical (unpaired) electrons. The summed E-state index contributed by atoms with van der Waals surface area (Å²) in [6.07, 6.45) is 4.27. The Labute approximate surface area is 123 Å². The van der Waals surface area contributed by atoms with E-state index in [1.165, 1.54) is 0 Å². The van der Waals surface area contributed by atoms with Crippen molar-refractivity contribution in [3.8, 4) is 0 Å². The fourth-order valence-corrected chi connectivity index (χ4v) is 2.30. The van der Waals surface area contributed by atoms with Crippen LogP contribution < -0.4 is 10.6 Å². The molecule has 2 N–H and O–H groups in total. The number of benzene rings is 1. The second-order valence-electron chi connectivity index (χ2n) is 4.97. The normalized spacial score (nSPS) is 10.7. The van der Waals surface area contributed by atoms with Crippen LogP contribution in [0.1, 0.15) is 5.69 Å². The predicted octanol–water partition coefficient (Wildman–Crippen LogP) is 2.29. The largest absolute Gasteiger partial charge is 0.399 e. The minimum Gasteiger partial charge on any atom is -0.399 e. The minimum atomic E-state index is 0.711. The molecule has 0 spiro atoms. The Morgan fingerprint density at radius 1 is 1.10 bits per heavy atom. The van der Waals surface area contributed by atoms with Gasteiger partial charge in [-0.05, 0) is 30.3 Å². The van der Waals surface area contributed by atoms with Gasteiger partial charge in [0.25, 0.3) is 0 Å². The molecule has 0 bridgehead atoms. The lowest BCUT2D eigenvalue weighted by Crippen LogP contribution is -2.22. The molecular weight excluding hydrogens is 262 g/mol. The third-order valence-corrected chi connectivity index (χ3v) is 3.43. The van der Waals surface area contributed by atoms with Crippen LogP contribution in [0.25, 0.3) is 10.9 Å². The lowest BCUT2D eigenvalue weighted by Gasteiger charge is -2.19. The summed E-state index contributed by atoms with van der Waals surface area (Å²) in [5.74, 6) is 0.913. The van der Waals surface area contributed by atoms with Gasteiger partial charge in [-0.25, -0.2) is 9.97 Å². The van der Waals surface area contributed by atoms with Crippen LogP contribution in [0.15, 0.2) is 48.9 Å². The number of nitrogens with two attached hydrogens (primary N) is 1. The third-order valence-electron chi connectivity index (χ3n) is 3.43. The van der Waals surface area contributed by atoms with Gasteiger partial charge in [0.2, 0.25) is 0 Å². The van der Waals surface area contributed by atoms with E-state index in [1.807, 2.05) is 49.6 Å². The van der Waals surface area contributed by atoms with Gasteiger partial charge in [0, 0.05) is 43.0 Å². The number of nitrogen functional groups attached to an aromatic ring is 1. The van der Waals surface area contributed by atoms with Gasteiger partial charge >= 0.3 is 0 Å². The molecule has 21 heavy (non-hydrogen) atoms. The third kappa shape index (κ3) is 2.91. The van der Waals surface area contributed by atoms with E-state index in [-0.39, 0.29) is 0 Å². The smallest absolute Gasteiger partial charge is 0.139 e. The minimum absolute atomic E-state index is 0.711. The zero-order valence-electron chi connectivity index (χ0n) is 11.9. The van der Waals surface area contributed by atoms with Crippen LogP contribution in [0.5, 0.6) is 0 Å². The first-order chi connectivity index (χ1) is 10.2. The molecule has 106 valence electrons. The van der Waals surface area contributed by atoms with Crippen molar-refractivity contribution >= 4 is 22.4 Å². The van der Waals surface area contributed by atoms with Crippen molar-refractivity contribution in [2.45, 2.75) is 6.42 Å². The number of hydrogen-bond acceptors (Lipinski definition) is 5. The van der Waals surface area contributed by atoms with Crippen LogP contribution in [0.3, 0.4) is 0 Å². The maximum atomic E-state index is 5.80. The summed E-state index contributed by atoms with van der Waals surface area (Å²) >= 11 is 0. The van der Waals surface area contributed by atoms with Gasteiger partial charge in [0.1, 0.15) is 12.1 Å². The number of rotatable bonds is 4. The van der Waals surface area contributed by atoms with Gasteiger partial charge in [-0.3, -0.25) is 4.98 Å². The number of pyridine rings is 1. The van der Waals surface area contributed by atoms with Crippen LogP contribution in [-0.4, -0.2) is 28.5 Å². The number of anilines is 2. The first-order valence-electron chi connectivity index (χ1n) is 6.85. The van der Waals surface area contributed by atoms with Crippen LogP contribution in [0.2, 0.25) is 0 Å². The van der Waals surface area contributed by atoms with Gasteiger partial charge < -0.3 is 10.6 Å². The number of fused-ring (bicyclic) bond motifs is 1. The van der Waals surface area contributed by atoms with E-state index in [9.17, 15) is 0 Å². The molecule has 2 heterocycles. The zero-order valence-corrected chi connectivity index (χ0v) is 11.9. The molecule has 3 rings (SSSR count). The Bertz CT molecular complexity index is 742. The van der Waals surface area contributed by atoms with E-state index in [0.717, 1.165) is 35.4 Å². The zero-order chi connectivity index (χ0) is 14.7. The van der Waals surface area contributed by atoms with Gasteiger partial charge in [-0.1, -0.05) is 6.07 Å². The Morgan fingerprint density at radius 3 is 2.81 bits per heavy atom. The van der Waals surface area contributed by atoms with Crippen LogP contribution in [-0.2, 0) is 6.42 Å². The SMILES string of the molecule is CN(CCc1ccccn1)c1ncnc2cc(N)ccc12. The van der Waals surface area contributed by atoms with Crippen molar-refractivity contribution in [1.82, 2.24) is 15.0 Å². The molecule has 5 nitrogen and oxygen atoms in total. The van der Waals surface area contributed by atoms with Crippen LogP contribution in [0.4, 0.5) is 11.5 Å². The molecule has 0 saturated heterocycles. The van der Waals surface area contributed by atoms with Gasteiger partial charge in [-0.15, -0.1) is 0 Å². The van der Waals surface area contributed by atoms with Crippen molar-refractivity contribution in [2.24, 2.45) is 0 Å². The van der Waals surface area contributed by atoms with E-state index in [2.05, 4.69) is 19.9 Å². The molecule has 5 heteroatoms. The molecule has 0 atom stereocenters. The van der Waals surface area contributed by atoms with E-state index in [4.69, 9.17) is 5.73 Å². The fourth-order valence-electron chi connectivity index (χ4n) is 2.30. The standard InChI is InChI=1S/C16H17N5/c1-21(9-7-13-4-2-3-8-18-13)16-14-6-5-12(17)10-15(14)19-11-20-16/h2-6,8,10-11H,7,9,17H2,1H3. The average molecular weight is 279 g/mol. The fraction of sp³-hybridized carbons (Fsp3) is 0.188. The summed E-state index contributed by atoms with van der Waals surface area (Å²) in [5.41, 5.74) is 8.46. The second-order valence-corrected chi connectivity index (χ2v) is 4.97. The lowest BCUT2D eigenvalue weighted by atomic mass is 10.2. The first kappa shape index (κ1) is 13.3. The van der Waals surface area contributed by atoms with Crippen molar-refractivity contribution < 1.29 is 0 Å². The topological polar surface area (TPSA) is 67.9 Å². The molecule has 2 aromatic heterocycles. The maximum Gasteiger partial charge on any atom is 0.139 e. The molecule has 0 amide bonds. The first-order valence-corrected chi connectivity index (χ1v) is 6.85. The summed E-state index contributed by atoms with van der Waals surface area (Å²) in [5, 5.41) is 1.01. The van der Waals surface area contributed by atoms with Crippen LogP contribution >= 0.6 is 0 Å². The Balaban J connectivity index is 1.83. The van der Waals surface area contributed by atoms with Gasteiger partial charge in [0.15, 0.2) is 0 Å². The molecule has 0 aliphatic rings. The second kappa shape index (κ2) is 5.75. The molecule has 3 aromatic rings. The highest BCUT2D eigenvalue weighted by atomic mass is 15.2. The summed E-state index contributed by atoms with van der Waals surface area (Å²) in [4.78, 5) is 15.1. The number of hydrogen-bond donors (Lipinski definition) is 1. The lowest BCUT2D eigenvalue weighted by molar-refractivity contribution is 0.841. The average Bonchev–Trinajstić information content (AvgIpc) is 2.52. The summed E-state index contributed by atoms with van der Waals surface area (Å²) in [6.45, 7) is 0.841. The number of nitrogens with zero attached hydrogens (tertiary/aromatic N) is 4. The monoisotopic (exact) mass is 279 g/mol. The Kier molecular flexibility index (Phi) is 3.64. The number of likely N-dealkylation sites (N-methyl/N-ethyl adjacent to an activating group) is 1. The highest BCUT2D eigenvalue weighted by molar-refractivity contribution is 5.91. The Hall–Kier alpha value is -2.69. The highest BCUT2D eigenvalue weighted by Gasteiger charge is 2.09. The quantitative estimate of drug-likeness (QED) is 0.742. The molecule has 0 fully saturated rings. The van der Waals surface area contributed by atoms with E-state index >= 15 is 0 Å². The summed E-state index contributed by atoms with van der Waals surface area (Å²) in [7, 11) is 2.03. The predicted molar refractivity (Wildman–Crippen MR) is 85.2 cm³/mol. The van der Waals surface area contributed by atoms with E-state index in [1.54, 1.807) is 6.33 Å². The summed E-state index contributed by atoms with van der Waals surface area (Å²) < 4.78 is 0. The van der Waals surface area contributed by atoms with Crippen molar-refractivity contribution in [3.05, 3.63) is 54.6 Å². The Morgan fingerprint density at radius 2 is 2.00 bits per heavy atom. The van der Waals surface area contributed by atoms with Crippen molar-refractivity contribution in [1.29, 1.82) is 0 Å². The van der Waals surface area contributed by atoms with E-state index in [0.29, 0.717) is 5.69 Å². The highest BCUT2D eigenvalue weighted by Crippen LogP contribution is 2.23. The molecule has 0 unspecified atom stereocenters. The summed E-state index contributed by atoms with van der Waals surface area (Å²) in [6, 6.07) is 11.7. The molecule has 0 aliphatic carbocycles. The van der Waals surface area contributed by atoms with Crippen molar-refractivity contribution in [3.63, 3.8) is 0 Å². The van der Waals surface area contributed by atoms with Crippen LogP contribution in [0, 0.1) is 0 Å². The molecule has 0 saturated carbocycles. The van der Waals surface area contributed by atoms with E-state index < -0.39 is 0 Å². The molecule has 0 aliphatic heterocycles. The molecule has 1 aromatic carbocycles. The maximum absolute atomic E-state index is 5.80.